The molecule has 0 saturated carbocycles. The number of rotatable bonds is 7. The summed E-state index contributed by atoms with van der Waals surface area (Å²) in [4.78, 5) is 30.5. The van der Waals surface area contributed by atoms with Crippen LogP contribution in [0.4, 0.5) is 5.00 Å². The van der Waals surface area contributed by atoms with Crippen LogP contribution in [0.1, 0.15) is 24.0 Å². The summed E-state index contributed by atoms with van der Waals surface area (Å²) in [7, 11) is 3.00. The highest BCUT2D eigenvalue weighted by Gasteiger charge is 2.49. The van der Waals surface area contributed by atoms with Crippen LogP contribution < -0.4 is 14.8 Å². The van der Waals surface area contributed by atoms with E-state index < -0.39 is 23.9 Å². The van der Waals surface area contributed by atoms with Gasteiger partial charge < -0.3 is 24.7 Å². The number of nitrogens with one attached hydrogen (secondary N) is 1. The Bertz CT molecular complexity index is 1330. The Hall–Kier alpha value is -4.10. The number of amides is 1. The lowest BCUT2D eigenvalue weighted by atomic mass is 9.89. The molecule has 33 heavy (non-hydrogen) atoms. The van der Waals surface area contributed by atoms with E-state index in [1.54, 1.807) is 30.3 Å². The highest BCUT2D eigenvalue weighted by molar-refractivity contribution is 7.23. The lowest BCUT2D eigenvalue weighted by Crippen LogP contribution is -2.45. The van der Waals surface area contributed by atoms with Gasteiger partial charge in [-0.25, -0.2) is 0 Å². The molecule has 3 aromatic rings. The van der Waals surface area contributed by atoms with Gasteiger partial charge in [0.2, 0.25) is 5.60 Å². The van der Waals surface area contributed by atoms with Gasteiger partial charge in [0.25, 0.3) is 5.91 Å². The normalized spacial score (nSPS) is 17.1. The third-order valence-electron chi connectivity index (χ3n) is 5.29. The Morgan fingerprint density at radius 1 is 1.27 bits per heavy atom. The van der Waals surface area contributed by atoms with Gasteiger partial charge in [0.1, 0.15) is 22.6 Å². The number of nitrogens with zero attached hydrogens (tertiary/aromatic N) is 2. The van der Waals surface area contributed by atoms with Crippen molar-refractivity contribution in [1.29, 1.82) is 5.26 Å². The van der Waals surface area contributed by atoms with Crippen molar-refractivity contribution in [2.24, 2.45) is 5.16 Å². The van der Waals surface area contributed by atoms with E-state index in [1.165, 1.54) is 25.6 Å². The standard InChI is InChI=1S/C23H19N3O6S/c1-30-13-7-8-18(31-2)15(9-13)17-10-23(32-26-17,11-20(27)28)22(29)25-21-16(12-24)14-5-3-4-6-19(14)33-21/h3-9H,10-11H2,1-2H3,(H,25,29)(H,27,28). The maximum Gasteiger partial charge on any atom is 0.308 e. The van der Waals surface area contributed by atoms with E-state index in [9.17, 15) is 20.0 Å². The number of hydrogen-bond acceptors (Lipinski definition) is 8. The summed E-state index contributed by atoms with van der Waals surface area (Å²) in [6.45, 7) is 0. The number of benzene rings is 2. The monoisotopic (exact) mass is 465 g/mol. The number of ether oxygens (including phenoxy) is 2. The fraction of sp³-hybridized carbons (Fsp3) is 0.217. The summed E-state index contributed by atoms with van der Waals surface area (Å²) < 4.78 is 11.5. The van der Waals surface area contributed by atoms with Gasteiger partial charge in [-0.05, 0) is 24.3 Å². The van der Waals surface area contributed by atoms with Crippen molar-refractivity contribution < 1.29 is 29.0 Å². The quantitative estimate of drug-likeness (QED) is 0.543. The molecule has 9 nitrogen and oxygen atoms in total. The number of thiophene rings is 1. The van der Waals surface area contributed by atoms with Gasteiger partial charge in [0, 0.05) is 22.1 Å². The molecule has 1 unspecified atom stereocenters. The number of carboxylic acids is 1. The second kappa shape index (κ2) is 8.80. The van der Waals surface area contributed by atoms with Gasteiger partial charge in [-0.15, -0.1) is 11.3 Å². The van der Waals surface area contributed by atoms with E-state index in [0.717, 1.165) is 4.70 Å². The van der Waals surface area contributed by atoms with E-state index in [4.69, 9.17) is 14.3 Å². The fourth-order valence-electron chi connectivity index (χ4n) is 3.66. The molecular weight excluding hydrogens is 446 g/mol. The molecule has 0 saturated heterocycles. The minimum Gasteiger partial charge on any atom is -0.497 e. The largest absolute Gasteiger partial charge is 0.497 e. The van der Waals surface area contributed by atoms with Crippen molar-refractivity contribution in [2.45, 2.75) is 18.4 Å². The number of fused-ring (bicyclic) bond motifs is 1. The van der Waals surface area contributed by atoms with Crippen LogP contribution in [0.25, 0.3) is 10.1 Å². The van der Waals surface area contributed by atoms with Crippen LogP contribution >= 0.6 is 11.3 Å². The fourth-order valence-corrected chi connectivity index (χ4v) is 4.71. The molecule has 2 N–H and O–H groups in total. The van der Waals surface area contributed by atoms with Crippen LogP contribution in [0.15, 0.2) is 47.6 Å². The highest BCUT2D eigenvalue weighted by atomic mass is 32.1. The number of carbonyl (C=O) groups excluding carboxylic acids is 1. The van der Waals surface area contributed by atoms with Crippen LogP contribution in [0, 0.1) is 11.3 Å². The number of carboxylic acid groups (broad SMARTS) is 1. The summed E-state index contributed by atoms with van der Waals surface area (Å²) in [6.07, 6.45) is -0.730. The number of nitriles is 1. The van der Waals surface area contributed by atoms with Crippen LogP contribution in [-0.4, -0.2) is 42.5 Å². The van der Waals surface area contributed by atoms with Crippen molar-refractivity contribution in [3.63, 3.8) is 0 Å². The van der Waals surface area contributed by atoms with Crippen LogP contribution in [0.2, 0.25) is 0 Å². The number of aliphatic carboxylic acids is 1. The summed E-state index contributed by atoms with van der Waals surface area (Å²) in [5, 5.41) is 26.9. The first-order valence-corrected chi connectivity index (χ1v) is 10.6. The SMILES string of the molecule is COc1ccc(OC)c(C2=NOC(CC(=O)O)(C(=O)Nc3sc4ccccc4c3C#N)C2)c1. The van der Waals surface area contributed by atoms with Gasteiger partial charge in [-0.3, -0.25) is 9.59 Å². The van der Waals surface area contributed by atoms with E-state index in [0.29, 0.717) is 38.7 Å². The van der Waals surface area contributed by atoms with Crippen molar-refractivity contribution in [3.05, 3.63) is 53.6 Å². The van der Waals surface area contributed by atoms with Crippen molar-refractivity contribution in [3.8, 4) is 17.6 Å². The van der Waals surface area contributed by atoms with E-state index in [2.05, 4.69) is 16.5 Å². The van der Waals surface area contributed by atoms with Gasteiger partial charge in [-0.1, -0.05) is 23.4 Å². The number of anilines is 1. The van der Waals surface area contributed by atoms with E-state index >= 15 is 0 Å². The highest BCUT2D eigenvalue weighted by Crippen LogP contribution is 2.39. The molecule has 0 aliphatic carbocycles. The molecule has 1 amide bonds. The zero-order chi connectivity index (χ0) is 23.6. The van der Waals surface area contributed by atoms with E-state index in [1.807, 2.05) is 12.1 Å². The summed E-state index contributed by atoms with van der Waals surface area (Å²) in [5.41, 5.74) is -0.614. The molecule has 0 radical (unpaired) electrons. The maximum absolute atomic E-state index is 13.3. The number of methoxy groups -OCH3 is 2. The molecule has 168 valence electrons. The van der Waals surface area contributed by atoms with Gasteiger partial charge in [-0.2, -0.15) is 5.26 Å². The molecule has 0 bridgehead atoms. The molecule has 1 aromatic heterocycles. The smallest absolute Gasteiger partial charge is 0.308 e. The average Bonchev–Trinajstić information content (AvgIpc) is 3.39. The third kappa shape index (κ3) is 4.06. The molecule has 10 heteroatoms. The predicted octanol–water partition coefficient (Wildman–Crippen LogP) is 3.77. The number of carbonyl (C=O) groups is 2. The summed E-state index contributed by atoms with van der Waals surface area (Å²) >= 11 is 1.23. The molecule has 0 fully saturated rings. The predicted molar refractivity (Wildman–Crippen MR) is 122 cm³/mol. The Labute approximate surface area is 192 Å². The van der Waals surface area contributed by atoms with Gasteiger partial charge >= 0.3 is 5.97 Å². The number of oxime groups is 1. The average molecular weight is 465 g/mol. The maximum atomic E-state index is 13.3. The molecular formula is C23H19N3O6S. The van der Waals surface area contributed by atoms with Gasteiger partial charge in [0.05, 0.1) is 31.9 Å². The molecule has 1 atom stereocenters. The summed E-state index contributed by atoms with van der Waals surface area (Å²) in [6, 6.07) is 14.4. The third-order valence-corrected chi connectivity index (χ3v) is 6.37. The van der Waals surface area contributed by atoms with Crippen molar-refractivity contribution >= 4 is 44.0 Å². The first kappa shape index (κ1) is 22.1. The minimum absolute atomic E-state index is 0.110. The molecule has 0 spiro atoms. The first-order valence-electron chi connectivity index (χ1n) is 9.83. The Morgan fingerprint density at radius 3 is 2.76 bits per heavy atom. The lowest BCUT2D eigenvalue weighted by Gasteiger charge is -2.23. The van der Waals surface area contributed by atoms with Crippen LogP contribution in [0.3, 0.4) is 0 Å². The minimum atomic E-state index is -1.79. The lowest BCUT2D eigenvalue weighted by molar-refractivity contribution is -0.152. The molecule has 1 aliphatic heterocycles. The van der Waals surface area contributed by atoms with Crippen molar-refractivity contribution in [2.75, 3.05) is 19.5 Å². The Kier molecular flexibility index (Phi) is 5.89. The topological polar surface area (TPSA) is 130 Å². The zero-order valence-corrected chi connectivity index (χ0v) is 18.6. The number of hydrogen-bond donors (Lipinski definition) is 2. The van der Waals surface area contributed by atoms with Crippen LogP contribution in [-0.2, 0) is 14.4 Å². The van der Waals surface area contributed by atoms with Gasteiger partial charge in [0.15, 0.2) is 0 Å². The second-order valence-electron chi connectivity index (χ2n) is 7.31. The van der Waals surface area contributed by atoms with E-state index in [-0.39, 0.29) is 6.42 Å². The Morgan fingerprint density at radius 2 is 2.06 bits per heavy atom. The molecule has 1 aliphatic rings. The molecule has 2 heterocycles. The zero-order valence-electron chi connectivity index (χ0n) is 17.7. The Balaban J connectivity index is 1.67. The van der Waals surface area contributed by atoms with Crippen molar-refractivity contribution in [1.82, 2.24) is 0 Å². The second-order valence-corrected chi connectivity index (χ2v) is 8.36. The van der Waals surface area contributed by atoms with Crippen LogP contribution in [0.5, 0.6) is 11.5 Å². The summed E-state index contributed by atoms with van der Waals surface area (Å²) in [5.74, 6) is -0.914. The molecule has 2 aromatic carbocycles. The molecule has 4 rings (SSSR count). The first-order chi connectivity index (χ1) is 15.9.